The van der Waals surface area contributed by atoms with E-state index in [0.717, 1.165) is 68.6 Å². The second-order valence-electron chi connectivity index (χ2n) is 10.4. The highest BCUT2D eigenvalue weighted by Gasteiger charge is 2.36. The van der Waals surface area contributed by atoms with Crippen molar-refractivity contribution in [1.82, 2.24) is 9.97 Å². The number of benzene rings is 2. The average molecular weight is 501 g/mol. The Bertz CT molecular complexity index is 1170. The summed E-state index contributed by atoms with van der Waals surface area (Å²) in [5.74, 6) is 3.87. The van der Waals surface area contributed by atoms with Gasteiger partial charge in [0.25, 0.3) is 0 Å². The fourth-order valence-corrected chi connectivity index (χ4v) is 5.48. The molecule has 2 unspecified atom stereocenters. The largest absolute Gasteiger partial charge is 0.497 e. The van der Waals surface area contributed by atoms with Crippen molar-refractivity contribution in [3.8, 4) is 11.6 Å². The van der Waals surface area contributed by atoms with Crippen molar-refractivity contribution >= 4 is 11.8 Å². The van der Waals surface area contributed by atoms with Crippen LogP contribution in [0.1, 0.15) is 36.8 Å². The van der Waals surface area contributed by atoms with Gasteiger partial charge in [0, 0.05) is 31.7 Å². The van der Waals surface area contributed by atoms with E-state index in [-0.39, 0.29) is 0 Å². The molecule has 1 aliphatic carbocycles. The van der Waals surface area contributed by atoms with Gasteiger partial charge in [-0.25, -0.2) is 0 Å². The van der Waals surface area contributed by atoms with Crippen LogP contribution >= 0.6 is 0 Å². The second kappa shape index (κ2) is 11.0. The molecule has 37 heavy (non-hydrogen) atoms. The first-order valence-electron chi connectivity index (χ1n) is 13.6. The highest BCUT2D eigenvalue weighted by atomic mass is 16.5. The summed E-state index contributed by atoms with van der Waals surface area (Å²) in [5.41, 5.74) is 2.43. The van der Waals surface area contributed by atoms with Crippen molar-refractivity contribution < 1.29 is 14.2 Å². The number of aromatic nitrogens is 2. The van der Waals surface area contributed by atoms with Gasteiger partial charge in [-0.3, -0.25) is 0 Å². The maximum absolute atomic E-state index is 6.26. The van der Waals surface area contributed by atoms with Crippen molar-refractivity contribution in [2.24, 2.45) is 5.92 Å². The Hall–Kier alpha value is -3.32. The van der Waals surface area contributed by atoms with E-state index in [1.54, 1.807) is 7.11 Å². The zero-order chi connectivity index (χ0) is 25.0. The van der Waals surface area contributed by atoms with Gasteiger partial charge >= 0.3 is 0 Å². The summed E-state index contributed by atoms with van der Waals surface area (Å²) in [4.78, 5) is 14.8. The molecule has 3 heterocycles. The van der Waals surface area contributed by atoms with E-state index in [9.17, 15) is 0 Å². The Morgan fingerprint density at radius 1 is 0.946 bits per heavy atom. The third-order valence-corrected chi connectivity index (χ3v) is 7.74. The second-order valence-corrected chi connectivity index (χ2v) is 10.4. The average Bonchev–Trinajstić information content (AvgIpc) is 3.71. The minimum atomic E-state index is 0.299. The Morgan fingerprint density at radius 2 is 1.78 bits per heavy atom. The SMILES string of the molecule is COc1ccc(COc2cc(N3CCOC(C4CC4)C3)nc(N3CCCC3Cc3ccccc3)n2)cc1. The molecule has 1 saturated carbocycles. The van der Waals surface area contributed by atoms with Crippen LogP contribution in [0.25, 0.3) is 0 Å². The summed E-state index contributed by atoms with van der Waals surface area (Å²) < 4.78 is 17.6. The zero-order valence-corrected chi connectivity index (χ0v) is 21.6. The highest BCUT2D eigenvalue weighted by molar-refractivity contribution is 5.49. The summed E-state index contributed by atoms with van der Waals surface area (Å²) >= 11 is 0. The smallest absolute Gasteiger partial charge is 0.230 e. The quantitative estimate of drug-likeness (QED) is 0.415. The summed E-state index contributed by atoms with van der Waals surface area (Å²) in [5, 5.41) is 0. The molecule has 0 amide bonds. The molecule has 2 atom stereocenters. The van der Waals surface area contributed by atoms with E-state index in [2.05, 4.69) is 40.1 Å². The monoisotopic (exact) mass is 500 g/mol. The minimum absolute atomic E-state index is 0.299. The minimum Gasteiger partial charge on any atom is -0.497 e. The van der Waals surface area contributed by atoms with Crippen LogP contribution in [0.15, 0.2) is 60.7 Å². The van der Waals surface area contributed by atoms with Gasteiger partial charge in [-0.05, 0) is 61.3 Å². The molecule has 0 spiro atoms. The Labute approximate surface area is 219 Å². The predicted molar refractivity (Wildman–Crippen MR) is 145 cm³/mol. The van der Waals surface area contributed by atoms with Crippen LogP contribution < -0.4 is 19.3 Å². The number of hydrogen-bond acceptors (Lipinski definition) is 7. The Balaban J connectivity index is 1.25. The fourth-order valence-electron chi connectivity index (χ4n) is 5.48. The molecular weight excluding hydrogens is 464 g/mol. The van der Waals surface area contributed by atoms with E-state index in [4.69, 9.17) is 24.2 Å². The standard InChI is InChI=1S/C30H36N4O3/c1-35-26-13-9-23(10-14-26)21-37-29-19-28(33-16-17-36-27(20-33)24-11-12-24)31-30(32-29)34-15-5-8-25(34)18-22-6-3-2-4-7-22/h2-4,6-7,9-10,13-14,19,24-25,27H,5,8,11-12,15-18,20-21H2,1H3. The molecule has 2 aromatic carbocycles. The molecule has 0 radical (unpaired) electrons. The normalized spacial score (nSPS) is 21.8. The zero-order valence-electron chi connectivity index (χ0n) is 21.6. The maximum Gasteiger partial charge on any atom is 0.230 e. The lowest BCUT2D eigenvalue weighted by molar-refractivity contribution is 0.0261. The lowest BCUT2D eigenvalue weighted by Crippen LogP contribution is -2.44. The number of nitrogens with zero attached hydrogens (tertiary/aromatic N) is 4. The topological polar surface area (TPSA) is 60.0 Å². The maximum atomic E-state index is 6.26. The van der Waals surface area contributed by atoms with Crippen LogP contribution in [0.3, 0.4) is 0 Å². The molecule has 0 N–H and O–H groups in total. The van der Waals surface area contributed by atoms with Crippen molar-refractivity contribution in [2.75, 3.05) is 43.2 Å². The van der Waals surface area contributed by atoms with E-state index >= 15 is 0 Å². The molecule has 3 aromatic rings. The van der Waals surface area contributed by atoms with E-state index in [1.807, 2.05) is 30.3 Å². The van der Waals surface area contributed by atoms with Crippen LogP contribution in [-0.4, -0.2) is 55.5 Å². The fraction of sp³-hybridized carbons (Fsp3) is 0.467. The third kappa shape index (κ3) is 5.82. The molecule has 2 aliphatic heterocycles. The van der Waals surface area contributed by atoms with Gasteiger partial charge in [0.15, 0.2) is 0 Å². The van der Waals surface area contributed by atoms with E-state index in [0.29, 0.717) is 30.6 Å². The van der Waals surface area contributed by atoms with Gasteiger partial charge in [0.2, 0.25) is 11.8 Å². The number of morpholine rings is 1. The first kappa shape index (κ1) is 24.0. The van der Waals surface area contributed by atoms with Crippen molar-refractivity contribution in [2.45, 2.75) is 50.9 Å². The molecule has 7 heteroatoms. The van der Waals surface area contributed by atoms with Crippen molar-refractivity contribution in [1.29, 1.82) is 0 Å². The van der Waals surface area contributed by atoms with Gasteiger partial charge < -0.3 is 24.0 Å². The van der Waals surface area contributed by atoms with Crippen LogP contribution in [0.5, 0.6) is 11.6 Å². The number of anilines is 2. The summed E-state index contributed by atoms with van der Waals surface area (Å²) in [6, 6.07) is 21.1. The van der Waals surface area contributed by atoms with E-state index < -0.39 is 0 Å². The van der Waals surface area contributed by atoms with Crippen molar-refractivity contribution in [3.63, 3.8) is 0 Å². The van der Waals surface area contributed by atoms with Crippen LogP contribution in [-0.2, 0) is 17.8 Å². The van der Waals surface area contributed by atoms with Gasteiger partial charge in [-0.2, -0.15) is 9.97 Å². The lowest BCUT2D eigenvalue weighted by atomic mass is 10.0. The number of rotatable bonds is 9. The van der Waals surface area contributed by atoms with Crippen LogP contribution in [0, 0.1) is 5.92 Å². The summed E-state index contributed by atoms with van der Waals surface area (Å²) in [7, 11) is 1.68. The van der Waals surface area contributed by atoms with Crippen LogP contribution in [0.2, 0.25) is 0 Å². The van der Waals surface area contributed by atoms with Gasteiger partial charge in [-0.1, -0.05) is 42.5 Å². The van der Waals surface area contributed by atoms with Crippen LogP contribution in [0.4, 0.5) is 11.8 Å². The van der Waals surface area contributed by atoms with E-state index in [1.165, 1.54) is 18.4 Å². The number of methoxy groups -OCH3 is 1. The highest BCUT2D eigenvalue weighted by Crippen LogP contribution is 2.37. The lowest BCUT2D eigenvalue weighted by Gasteiger charge is -2.34. The molecule has 2 saturated heterocycles. The van der Waals surface area contributed by atoms with Gasteiger partial charge in [-0.15, -0.1) is 0 Å². The molecule has 3 aliphatic rings. The predicted octanol–water partition coefficient (Wildman–Crippen LogP) is 4.89. The Kier molecular flexibility index (Phi) is 7.13. The number of hydrogen-bond donors (Lipinski definition) is 0. The van der Waals surface area contributed by atoms with Gasteiger partial charge in [0.05, 0.1) is 19.8 Å². The molecule has 7 nitrogen and oxygen atoms in total. The molecule has 3 fully saturated rings. The Morgan fingerprint density at radius 3 is 2.57 bits per heavy atom. The van der Waals surface area contributed by atoms with Crippen molar-refractivity contribution in [3.05, 3.63) is 71.8 Å². The molecular formula is C30H36N4O3. The molecule has 1 aromatic heterocycles. The molecule has 0 bridgehead atoms. The van der Waals surface area contributed by atoms with Gasteiger partial charge in [0.1, 0.15) is 18.2 Å². The number of ether oxygens (including phenoxy) is 3. The molecule has 194 valence electrons. The first-order valence-corrected chi connectivity index (χ1v) is 13.6. The summed E-state index contributed by atoms with van der Waals surface area (Å²) in [6.45, 7) is 3.87. The first-order chi connectivity index (χ1) is 18.2. The molecule has 6 rings (SSSR count). The summed E-state index contributed by atoms with van der Waals surface area (Å²) in [6.07, 6.45) is 6.14. The third-order valence-electron chi connectivity index (χ3n) is 7.74.